The quantitative estimate of drug-likeness (QED) is 0.103. The summed E-state index contributed by atoms with van der Waals surface area (Å²) in [6.07, 6.45) is 65.7. The van der Waals surface area contributed by atoms with Crippen molar-refractivity contribution in [3.05, 3.63) is 24.6 Å². The van der Waals surface area contributed by atoms with Crippen molar-refractivity contribution in [3.63, 3.8) is 0 Å². The van der Waals surface area contributed by atoms with Crippen molar-refractivity contribution in [2.45, 2.75) is 553 Å². The fourth-order valence-corrected chi connectivity index (χ4v) is 161. The van der Waals surface area contributed by atoms with E-state index in [4.69, 9.17) is 21.4 Å². The standard InChI is InChI=1S/2C46H86O12Si8.Sn/c2*1-4-59(2,3)49-62(42-30-16-7-17-31-42)54-64(44-34-20-9-21-35-44)52-60(47,40-26-12-5-13-27-40)50-63(43-32-18-8-19-33-43)51-61(48,41-28-14-6-15-29-41)53-65(55-62,45-36-22-10-23-37-45)58-66(56-63,57-64)46-38-24-11-25-39-46;/h2*4,40-46H,1,5-39H2,2-3H3;/q2*-2;+4. The summed E-state index contributed by atoms with van der Waals surface area (Å²) in [5.74, 6) is 0. The van der Waals surface area contributed by atoms with Crippen LogP contribution >= 0.6 is 0 Å². The maximum atomic E-state index is 10.1. The Morgan fingerprint density at radius 1 is 0.173 bits per heavy atom. The first-order valence-electron chi connectivity index (χ1n) is 56.7. The van der Waals surface area contributed by atoms with Gasteiger partial charge in [-0.1, -0.05) is 0 Å². The van der Waals surface area contributed by atoms with Crippen molar-refractivity contribution >= 4 is 160 Å². The third-order valence-electron chi connectivity index (χ3n) is 37.5. The van der Waals surface area contributed by atoms with Gasteiger partial charge >= 0.3 is 831 Å². The van der Waals surface area contributed by atoms with Crippen molar-refractivity contribution in [3.8, 4) is 0 Å². The molecule has 14 aliphatic carbocycles. The van der Waals surface area contributed by atoms with Gasteiger partial charge in [-0.05, 0) is 0 Å². The summed E-state index contributed by atoms with van der Waals surface area (Å²) in [7, 11) is -73.2. The van der Waals surface area contributed by atoms with Crippen LogP contribution in [0.4, 0.5) is 0 Å². The second-order valence-electron chi connectivity index (χ2n) is 47.7. The number of hydrogen-bond donors (Lipinski definition) is 0. The van der Waals surface area contributed by atoms with E-state index in [9.17, 15) is 85.1 Å². The molecule has 752 valence electrons. The van der Waals surface area contributed by atoms with Gasteiger partial charge in [0.1, 0.15) is 0 Å². The predicted molar refractivity (Wildman–Crippen MR) is 543 cm³/mol. The van der Waals surface area contributed by atoms with Crippen molar-refractivity contribution in [2.75, 3.05) is 0 Å². The van der Waals surface area contributed by atoms with E-state index in [1.165, 1.54) is 0 Å². The van der Waals surface area contributed by atoms with E-state index in [0.29, 0.717) is 0 Å². The molecule has 22 fully saturated rings. The van der Waals surface area contributed by atoms with E-state index in [0.717, 1.165) is 449 Å². The summed E-state index contributed by atoms with van der Waals surface area (Å²) in [5, 5.41) is 0. The van der Waals surface area contributed by atoms with E-state index >= 15 is 0 Å². The molecule has 14 saturated carbocycles. The van der Waals surface area contributed by atoms with Gasteiger partial charge in [0, 0.05) is 0 Å². The fourth-order valence-electron chi connectivity index (χ4n) is 30.0. The van der Waals surface area contributed by atoms with Crippen LogP contribution in [0.15, 0.2) is 24.6 Å². The van der Waals surface area contributed by atoms with Gasteiger partial charge in [0.15, 0.2) is 0 Å². The molecule has 0 aromatic heterocycles. The van der Waals surface area contributed by atoms with Crippen LogP contribution in [-0.2, 0) is 93.4 Å². The molecule has 8 unspecified atom stereocenters. The molecular weight excluding hydrogens is 2060 g/mol. The zero-order valence-corrected chi connectivity index (χ0v) is 101. The van der Waals surface area contributed by atoms with E-state index in [1.54, 1.807) is 0 Å². The molecule has 1 spiro atoms. The Labute approximate surface area is 824 Å². The van der Waals surface area contributed by atoms with E-state index in [1.807, 2.05) is 0 Å². The van der Waals surface area contributed by atoms with Gasteiger partial charge in [-0.15, -0.1) is 0 Å². The SMILES string of the molecule is C=C[Si](C)(C)O[Si]1(C2CCCCC2)O[Si]2(C3CCCCC3)O[Si]3(C4CCCCC4)O[Si](C4CCCCC4)(O1)O[Si]1(C4CCCCC4)O[Si](C4CCCCC4)(O3)O[Si](C3CCCCC3)(O2)[O][Sn]2([O]1)[O][Si]1(C3CCCCC3)O[Si]3(C4CCCCC4)O[Si](O[Si](C)(C)C=C)(C4CCCCC4)O[Si]4(C5CCCCC5)O[Si](C5CCCCC5)(O3)O[Si](C3CCCCC3)(O1)O[Si](C1CCCCC1)(O4)[O]2. The second-order valence-corrected chi connectivity index (χ2v) is 110. The summed E-state index contributed by atoms with van der Waals surface area (Å²) in [4.78, 5) is 0. The molecule has 22 aliphatic rings. The molecule has 8 atom stereocenters. The third-order valence-corrected chi connectivity index (χ3v) is 129. The molecule has 8 aliphatic heterocycles. The van der Waals surface area contributed by atoms with Gasteiger partial charge in [0.2, 0.25) is 0 Å². The number of rotatable bonds is 20. The summed E-state index contributed by atoms with van der Waals surface area (Å²) < 4.78 is 232. The minimum absolute atomic E-state index is 0.138. The van der Waals surface area contributed by atoms with Crippen LogP contribution in [0.1, 0.15) is 449 Å². The van der Waals surface area contributed by atoms with Gasteiger partial charge in [-0.2, -0.15) is 0 Å². The van der Waals surface area contributed by atoms with Gasteiger partial charge in [-0.3, -0.25) is 0 Å². The molecule has 8 heterocycles. The molecule has 12 bridgehead atoms. The van der Waals surface area contributed by atoms with Crippen LogP contribution in [0.2, 0.25) is 104 Å². The number of hydrogen-bond acceptors (Lipinski definition) is 24. The molecule has 0 aromatic rings. The van der Waals surface area contributed by atoms with Gasteiger partial charge in [0.25, 0.3) is 0 Å². The van der Waals surface area contributed by atoms with Crippen LogP contribution in [0.25, 0.3) is 0 Å². The van der Waals surface area contributed by atoms with Gasteiger partial charge < -0.3 is 0 Å². The number of fused-ring (bicyclic) bond motifs is 8. The van der Waals surface area contributed by atoms with Crippen molar-refractivity contribution in [2.24, 2.45) is 0 Å². The van der Waals surface area contributed by atoms with Gasteiger partial charge in [0.05, 0.1) is 0 Å². The third kappa shape index (κ3) is 19.5. The predicted octanol–water partition coefficient (Wildman–Crippen LogP) is 27.6. The average Bonchev–Trinajstić information content (AvgIpc) is 0.662. The Hall–Kier alpha value is 2.79. The topological polar surface area (TPSA) is 222 Å². The first-order chi connectivity index (χ1) is 64.6. The minimum atomic E-state index is -7.45. The Bertz CT molecular complexity index is 3530. The van der Waals surface area contributed by atoms with Crippen molar-refractivity contribution in [1.82, 2.24) is 0 Å². The molecule has 41 heteroatoms. The molecule has 0 amide bonds. The molecular formula is C92H172O24Si16Sn. The average molecular weight is 2230 g/mol. The van der Waals surface area contributed by atoms with Crippen LogP contribution in [0, 0.1) is 0 Å². The summed E-state index contributed by atoms with van der Waals surface area (Å²) in [5.41, 5.74) is 0.780. The van der Waals surface area contributed by atoms with Crippen LogP contribution in [0.5, 0.6) is 0 Å². The molecule has 0 N–H and O–H groups in total. The summed E-state index contributed by atoms with van der Waals surface area (Å²) in [6, 6.07) is 0. The van der Waals surface area contributed by atoms with Gasteiger partial charge in [-0.25, -0.2) is 0 Å². The van der Waals surface area contributed by atoms with Crippen LogP contribution in [0.3, 0.4) is 0 Å². The zero-order valence-electron chi connectivity index (χ0n) is 82.4. The first-order valence-corrected chi connectivity index (χ1v) is 92.5. The zero-order chi connectivity index (χ0) is 90.5. The van der Waals surface area contributed by atoms with E-state index in [-0.39, 0.29) is 77.6 Å². The fraction of sp³-hybridized carbons (Fsp3) is 0.957. The van der Waals surface area contributed by atoms with Crippen molar-refractivity contribution < 1.29 is 93.4 Å². The Balaban J connectivity index is 0.905. The van der Waals surface area contributed by atoms with Crippen molar-refractivity contribution in [1.29, 1.82) is 0 Å². The van der Waals surface area contributed by atoms with E-state index < -0.39 is 160 Å². The summed E-state index contributed by atoms with van der Waals surface area (Å²) >= 11 is -7.45. The summed E-state index contributed by atoms with van der Waals surface area (Å²) in [6.45, 7) is 18.8. The monoisotopic (exact) mass is 2230 g/mol. The molecule has 22 rings (SSSR count). The molecule has 8 saturated heterocycles. The Kier molecular flexibility index (Phi) is 30.9. The molecule has 24 nitrogen and oxygen atoms in total. The van der Waals surface area contributed by atoms with Crippen LogP contribution in [-0.4, -0.2) is 160 Å². The molecule has 0 aromatic carbocycles. The Morgan fingerprint density at radius 2 is 0.286 bits per heavy atom. The van der Waals surface area contributed by atoms with E-state index in [2.05, 4.69) is 37.6 Å². The normalized spacial score (nSPS) is 45.1. The first kappa shape index (κ1) is 100. The molecule has 0 radical (unpaired) electrons. The maximum absolute atomic E-state index is 10.1. The second kappa shape index (κ2) is 40.9. The van der Waals surface area contributed by atoms with Crippen LogP contribution < -0.4 is 0 Å². The Morgan fingerprint density at radius 3 is 0.421 bits per heavy atom. The molecule has 133 heavy (non-hydrogen) atoms.